The van der Waals surface area contributed by atoms with Crippen LogP contribution in [0.5, 0.6) is 11.8 Å². The van der Waals surface area contributed by atoms with Gasteiger partial charge in [-0.2, -0.15) is 4.98 Å². The Hall–Kier alpha value is -3.88. The molecule has 5 rings (SSSR count). The van der Waals surface area contributed by atoms with Crippen molar-refractivity contribution in [3.05, 3.63) is 117 Å². The number of halogens is 1. The van der Waals surface area contributed by atoms with E-state index in [1.165, 1.54) is 0 Å². The molecule has 188 valence electrons. The van der Waals surface area contributed by atoms with Crippen LogP contribution >= 0.6 is 15.9 Å². The fourth-order valence-electron chi connectivity index (χ4n) is 4.09. The summed E-state index contributed by atoms with van der Waals surface area (Å²) >= 11 is 3.53. The van der Waals surface area contributed by atoms with Crippen molar-refractivity contribution in [2.45, 2.75) is 19.8 Å². The average Bonchev–Trinajstić information content (AvgIpc) is 3.20. The maximum Gasteiger partial charge on any atom is 0.333 e. The van der Waals surface area contributed by atoms with Gasteiger partial charge in [0.2, 0.25) is 11.8 Å². The Morgan fingerprint density at radius 1 is 0.811 bits per heavy atom. The normalized spacial score (nSPS) is 11.1. The quantitative estimate of drug-likeness (QED) is 0.218. The van der Waals surface area contributed by atoms with Crippen LogP contribution in [0.4, 0.5) is 0 Å². The van der Waals surface area contributed by atoms with Crippen LogP contribution < -0.4 is 15.2 Å². The first-order chi connectivity index (χ1) is 18.1. The van der Waals surface area contributed by atoms with Gasteiger partial charge in [-0.05, 0) is 35.4 Å². The zero-order valence-corrected chi connectivity index (χ0v) is 21.9. The lowest BCUT2D eigenvalue weighted by Gasteiger charge is -2.14. The predicted molar refractivity (Wildman–Crippen MR) is 146 cm³/mol. The Kier molecular flexibility index (Phi) is 7.67. The molecular weight excluding hydrogens is 534 g/mol. The van der Waals surface area contributed by atoms with E-state index >= 15 is 0 Å². The summed E-state index contributed by atoms with van der Waals surface area (Å²) in [5.41, 5.74) is 3.89. The van der Waals surface area contributed by atoms with Crippen LogP contribution in [0, 0.1) is 0 Å². The molecule has 0 saturated heterocycles. The number of imidazole rings is 1. The van der Waals surface area contributed by atoms with Crippen molar-refractivity contribution in [2.75, 3.05) is 13.7 Å². The topological polar surface area (TPSA) is 67.5 Å². The van der Waals surface area contributed by atoms with Gasteiger partial charge in [0.05, 0.1) is 24.2 Å². The molecule has 0 aliphatic carbocycles. The van der Waals surface area contributed by atoms with Crippen LogP contribution in [0.15, 0.2) is 100 Å². The highest BCUT2D eigenvalue weighted by molar-refractivity contribution is 9.10. The minimum atomic E-state index is -0.200. The fraction of sp³-hybridized carbons (Fsp3) is 0.172. The molecular formula is C29H26BrN3O4. The van der Waals surface area contributed by atoms with Crippen molar-refractivity contribution in [1.82, 2.24) is 14.1 Å². The molecule has 37 heavy (non-hydrogen) atoms. The maximum atomic E-state index is 13.7. The molecule has 8 heteroatoms. The van der Waals surface area contributed by atoms with Crippen LogP contribution in [0.25, 0.3) is 16.7 Å². The smallest absolute Gasteiger partial charge is 0.333 e. The van der Waals surface area contributed by atoms with Crippen LogP contribution in [0.1, 0.15) is 11.1 Å². The molecule has 0 spiro atoms. The third kappa shape index (κ3) is 5.60. The molecule has 0 fully saturated rings. The van der Waals surface area contributed by atoms with Crippen LogP contribution in [-0.2, 0) is 24.5 Å². The van der Waals surface area contributed by atoms with Gasteiger partial charge in [0, 0.05) is 17.6 Å². The van der Waals surface area contributed by atoms with E-state index in [2.05, 4.69) is 20.9 Å². The number of hydrogen-bond donors (Lipinski definition) is 0. The minimum Gasteiger partial charge on any atom is -0.473 e. The first-order valence-corrected chi connectivity index (χ1v) is 12.7. The van der Waals surface area contributed by atoms with Crippen LogP contribution in [0.2, 0.25) is 0 Å². The summed E-state index contributed by atoms with van der Waals surface area (Å²) in [6.07, 6.45) is 0. The molecule has 0 amide bonds. The summed E-state index contributed by atoms with van der Waals surface area (Å²) < 4.78 is 21.6. The fourth-order valence-corrected chi connectivity index (χ4v) is 4.44. The SMILES string of the molecule is COCCn1c(=O)n(-c2ccc(OCc3ccccc3)nc2OCc2ccccc2)c2ccc(Br)cc21. The first kappa shape index (κ1) is 24.8. The van der Waals surface area contributed by atoms with Gasteiger partial charge in [-0.3, -0.25) is 9.13 Å². The molecule has 0 saturated carbocycles. The second-order valence-corrected chi connectivity index (χ2v) is 9.33. The van der Waals surface area contributed by atoms with E-state index in [0.29, 0.717) is 43.8 Å². The summed E-state index contributed by atoms with van der Waals surface area (Å²) in [7, 11) is 1.62. The Bertz CT molecular complexity index is 1550. The van der Waals surface area contributed by atoms with Crippen molar-refractivity contribution >= 4 is 27.0 Å². The molecule has 5 aromatic rings. The lowest BCUT2D eigenvalue weighted by atomic mass is 10.2. The summed E-state index contributed by atoms with van der Waals surface area (Å²) in [5, 5.41) is 0. The summed E-state index contributed by atoms with van der Waals surface area (Å²) in [6.45, 7) is 1.50. The van der Waals surface area contributed by atoms with E-state index in [1.54, 1.807) is 22.3 Å². The summed E-state index contributed by atoms with van der Waals surface area (Å²) in [6, 6.07) is 29.0. The van der Waals surface area contributed by atoms with Crippen LogP contribution in [-0.4, -0.2) is 27.8 Å². The van der Waals surface area contributed by atoms with Crippen molar-refractivity contribution < 1.29 is 14.2 Å². The van der Waals surface area contributed by atoms with Gasteiger partial charge in [0.25, 0.3) is 0 Å². The zero-order valence-electron chi connectivity index (χ0n) is 20.3. The lowest BCUT2D eigenvalue weighted by Crippen LogP contribution is -2.25. The molecule has 0 bridgehead atoms. The number of fused-ring (bicyclic) bond motifs is 1. The highest BCUT2D eigenvalue weighted by Crippen LogP contribution is 2.29. The molecule has 7 nitrogen and oxygen atoms in total. The number of nitrogens with zero attached hydrogens (tertiary/aromatic N) is 3. The number of pyridine rings is 1. The minimum absolute atomic E-state index is 0.200. The largest absolute Gasteiger partial charge is 0.473 e. The highest BCUT2D eigenvalue weighted by atomic mass is 79.9. The molecule has 0 atom stereocenters. The van der Waals surface area contributed by atoms with E-state index in [-0.39, 0.29) is 5.69 Å². The second-order valence-electron chi connectivity index (χ2n) is 8.42. The Labute approximate surface area is 223 Å². The van der Waals surface area contributed by atoms with E-state index in [9.17, 15) is 4.79 Å². The Morgan fingerprint density at radius 3 is 2.16 bits per heavy atom. The highest BCUT2D eigenvalue weighted by Gasteiger charge is 2.20. The van der Waals surface area contributed by atoms with Gasteiger partial charge >= 0.3 is 5.69 Å². The number of methoxy groups -OCH3 is 1. The predicted octanol–water partition coefficient (Wildman–Crippen LogP) is 5.75. The van der Waals surface area contributed by atoms with Crippen molar-refractivity contribution in [3.63, 3.8) is 0 Å². The molecule has 0 radical (unpaired) electrons. The Morgan fingerprint density at radius 2 is 1.49 bits per heavy atom. The average molecular weight is 560 g/mol. The molecule has 0 unspecified atom stereocenters. The maximum absolute atomic E-state index is 13.7. The van der Waals surface area contributed by atoms with E-state index < -0.39 is 0 Å². The third-order valence-corrected chi connectivity index (χ3v) is 6.41. The number of ether oxygens (including phenoxy) is 3. The first-order valence-electron chi connectivity index (χ1n) is 11.9. The standard InChI is InChI=1S/C29H26BrN3O4/c1-35-17-16-32-26-18-23(30)12-13-24(26)33(29(32)34)25-14-15-27(36-19-21-8-4-2-5-9-21)31-28(25)37-20-22-10-6-3-7-11-22/h2-15,18H,16-17,19-20H2,1H3. The van der Waals surface area contributed by atoms with Crippen LogP contribution in [0.3, 0.4) is 0 Å². The monoisotopic (exact) mass is 559 g/mol. The van der Waals surface area contributed by atoms with Gasteiger partial charge in [-0.1, -0.05) is 76.6 Å². The number of hydrogen-bond acceptors (Lipinski definition) is 5. The van der Waals surface area contributed by atoms with Gasteiger partial charge in [0.1, 0.15) is 18.9 Å². The van der Waals surface area contributed by atoms with Crippen molar-refractivity contribution in [2.24, 2.45) is 0 Å². The molecule has 2 aromatic heterocycles. The number of benzene rings is 3. The zero-order chi connectivity index (χ0) is 25.6. The number of rotatable bonds is 10. The van der Waals surface area contributed by atoms with Gasteiger partial charge in [-0.25, -0.2) is 4.79 Å². The molecule has 3 aromatic carbocycles. The van der Waals surface area contributed by atoms with E-state index in [1.807, 2.05) is 84.9 Å². The summed E-state index contributed by atoms with van der Waals surface area (Å²) in [5.74, 6) is 0.722. The van der Waals surface area contributed by atoms with Crippen molar-refractivity contribution in [1.29, 1.82) is 0 Å². The molecule has 0 N–H and O–H groups in total. The number of aromatic nitrogens is 3. The second kappa shape index (κ2) is 11.5. The van der Waals surface area contributed by atoms with Gasteiger partial charge in [0.15, 0.2) is 0 Å². The Balaban J connectivity index is 1.57. The molecule has 0 aliphatic heterocycles. The summed E-state index contributed by atoms with van der Waals surface area (Å²) in [4.78, 5) is 18.3. The van der Waals surface area contributed by atoms with Crippen molar-refractivity contribution in [3.8, 4) is 17.4 Å². The van der Waals surface area contributed by atoms with Gasteiger partial charge < -0.3 is 14.2 Å². The van der Waals surface area contributed by atoms with E-state index in [4.69, 9.17) is 14.2 Å². The molecule has 0 aliphatic rings. The lowest BCUT2D eigenvalue weighted by molar-refractivity contribution is 0.187. The van der Waals surface area contributed by atoms with Gasteiger partial charge in [-0.15, -0.1) is 0 Å². The third-order valence-electron chi connectivity index (χ3n) is 5.91. The molecule has 2 heterocycles. The van der Waals surface area contributed by atoms with E-state index in [0.717, 1.165) is 26.6 Å².